The van der Waals surface area contributed by atoms with Gasteiger partial charge in [0.25, 0.3) is 0 Å². The number of nitrogens with one attached hydrogen (secondary N) is 2. The van der Waals surface area contributed by atoms with Crippen LogP contribution < -0.4 is 15.5 Å². The van der Waals surface area contributed by atoms with Gasteiger partial charge in [0.15, 0.2) is 5.11 Å². The van der Waals surface area contributed by atoms with Crippen molar-refractivity contribution >= 4 is 40.6 Å². The summed E-state index contributed by atoms with van der Waals surface area (Å²) in [5.74, 6) is -1.02. The molecule has 1 saturated heterocycles. The van der Waals surface area contributed by atoms with Crippen molar-refractivity contribution in [2.45, 2.75) is 46.2 Å². The second-order valence-electron chi connectivity index (χ2n) is 9.88. The molecule has 5 rings (SSSR count). The fourth-order valence-electron chi connectivity index (χ4n) is 5.43. The second-order valence-corrected chi connectivity index (χ2v) is 10.3. The van der Waals surface area contributed by atoms with Gasteiger partial charge in [-0.25, -0.2) is 4.79 Å². The summed E-state index contributed by atoms with van der Waals surface area (Å²) in [6.45, 7) is 7.76. The van der Waals surface area contributed by atoms with Gasteiger partial charge < -0.3 is 25.2 Å². The monoisotopic (exact) mass is 553 g/mol. The van der Waals surface area contributed by atoms with Gasteiger partial charge in [-0.1, -0.05) is 25.1 Å². The zero-order valence-corrected chi connectivity index (χ0v) is 23.6. The number of nitrogens with zero attached hydrogens (tertiary/aromatic N) is 3. The SMILES string of the molecule is CCC(=O)Nc1ccc(N2C(=S)N[C@@H](c3ccccn3)[C@H]2c2cc(C)n(-c3ccccc3C(=O)O)c2C)cc1C. The van der Waals surface area contributed by atoms with E-state index in [9.17, 15) is 14.7 Å². The number of thiocarbonyl (C=S) groups is 1. The molecule has 0 aliphatic carbocycles. The van der Waals surface area contributed by atoms with Gasteiger partial charge >= 0.3 is 5.97 Å². The number of amides is 1. The molecule has 1 aliphatic heterocycles. The van der Waals surface area contributed by atoms with Gasteiger partial charge in [0, 0.05) is 35.4 Å². The molecule has 2 aromatic carbocycles. The van der Waals surface area contributed by atoms with Crippen LogP contribution >= 0.6 is 12.2 Å². The molecule has 40 heavy (non-hydrogen) atoms. The Labute approximate surface area is 238 Å². The van der Waals surface area contributed by atoms with Gasteiger partial charge in [-0.05, 0) is 92.6 Å². The standard InChI is InChI=1S/C31H31N5O3S/c1-5-27(37)33-24-14-13-21(16-18(24)2)36-29(28(34-31(36)40)25-11-8-9-15-32-25)23-17-19(3)35(20(23)4)26-12-7-6-10-22(26)30(38)39/h6-17,28-29H,5H2,1-4H3,(H,33,37)(H,34,40)(H,38,39)/t28-,29+/m0/s1. The van der Waals surface area contributed by atoms with Gasteiger partial charge in [-0.15, -0.1) is 0 Å². The van der Waals surface area contributed by atoms with Crippen molar-refractivity contribution in [3.63, 3.8) is 0 Å². The summed E-state index contributed by atoms with van der Waals surface area (Å²) in [5, 5.41) is 16.9. The molecule has 3 N–H and O–H groups in total. The van der Waals surface area contributed by atoms with Gasteiger partial charge in [-0.2, -0.15) is 0 Å². The fourth-order valence-corrected chi connectivity index (χ4v) is 5.78. The van der Waals surface area contributed by atoms with E-state index in [0.29, 0.717) is 17.2 Å². The lowest BCUT2D eigenvalue weighted by Gasteiger charge is -2.29. The Morgan fingerprint density at radius 2 is 1.80 bits per heavy atom. The van der Waals surface area contributed by atoms with E-state index in [1.807, 2.05) is 80.8 Å². The molecule has 204 valence electrons. The number of rotatable bonds is 7. The Balaban J connectivity index is 1.66. The quantitative estimate of drug-likeness (QED) is 0.241. The van der Waals surface area contributed by atoms with Crippen LogP contribution in [0.1, 0.15) is 64.0 Å². The minimum absolute atomic E-state index is 0.0450. The highest BCUT2D eigenvalue weighted by atomic mass is 32.1. The summed E-state index contributed by atoms with van der Waals surface area (Å²) in [6.07, 6.45) is 2.16. The topological polar surface area (TPSA) is 99.5 Å². The van der Waals surface area contributed by atoms with Crippen LogP contribution in [-0.2, 0) is 4.79 Å². The summed E-state index contributed by atoms with van der Waals surface area (Å²) in [4.78, 5) is 30.8. The highest BCUT2D eigenvalue weighted by molar-refractivity contribution is 7.80. The average Bonchev–Trinajstić information content (AvgIpc) is 3.44. The maximum Gasteiger partial charge on any atom is 0.337 e. The molecule has 2 aromatic heterocycles. The van der Waals surface area contributed by atoms with Crippen molar-refractivity contribution in [1.82, 2.24) is 14.9 Å². The van der Waals surface area contributed by atoms with Crippen LogP contribution in [0.5, 0.6) is 0 Å². The van der Waals surface area contributed by atoms with Crippen LogP contribution in [0.4, 0.5) is 11.4 Å². The van der Waals surface area contributed by atoms with Crippen LogP contribution in [0.15, 0.2) is 72.9 Å². The number of carboxylic acid groups (broad SMARTS) is 1. The smallest absolute Gasteiger partial charge is 0.337 e. The predicted octanol–water partition coefficient (Wildman–Crippen LogP) is 6.02. The fraction of sp³-hybridized carbons (Fsp3) is 0.226. The number of carboxylic acids is 1. The van der Waals surface area contributed by atoms with Crippen molar-refractivity contribution < 1.29 is 14.7 Å². The van der Waals surface area contributed by atoms with Crippen LogP contribution in [0, 0.1) is 20.8 Å². The van der Waals surface area contributed by atoms with E-state index in [0.717, 1.165) is 39.6 Å². The third kappa shape index (κ3) is 4.84. The van der Waals surface area contributed by atoms with Crippen molar-refractivity contribution in [3.05, 3.63) is 107 Å². The Kier molecular flexibility index (Phi) is 7.40. The van der Waals surface area contributed by atoms with Crippen LogP contribution in [0.3, 0.4) is 0 Å². The number of anilines is 2. The molecule has 0 radical (unpaired) electrons. The molecule has 1 aliphatic rings. The number of aryl methyl sites for hydroxylation is 2. The molecular weight excluding hydrogens is 522 g/mol. The first kappa shape index (κ1) is 27.1. The number of hydrogen-bond donors (Lipinski definition) is 3. The zero-order valence-electron chi connectivity index (χ0n) is 22.8. The molecular formula is C31H31N5O3S. The molecule has 1 amide bonds. The number of carbonyl (C=O) groups excluding carboxylic acids is 1. The molecule has 0 unspecified atom stereocenters. The lowest BCUT2D eigenvalue weighted by molar-refractivity contribution is -0.115. The van der Waals surface area contributed by atoms with E-state index in [2.05, 4.69) is 26.6 Å². The Hall–Kier alpha value is -4.50. The highest BCUT2D eigenvalue weighted by Crippen LogP contribution is 2.44. The van der Waals surface area contributed by atoms with Gasteiger partial charge in [0.2, 0.25) is 5.91 Å². The minimum atomic E-state index is -0.980. The Bertz CT molecular complexity index is 1610. The summed E-state index contributed by atoms with van der Waals surface area (Å²) in [6, 6.07) is 20.3. The van der Waals surface area contributed by atoms with Crippen molar-refractivity contribution in [1.29, 1.82) is 0 Å². The largest absolute Gasteiger partial charge is 0.478 e. The van der Waals surface area contributed by atoms with Crippen LogP contribution in [0.25, 0.3) is 5.69 Å². The third-order valence-electron chi connectivity index (χ3n) is 7.35. The zero-order chi connectivity index (χ0) is 28.6. The molecule has 8 nitrogen and oxygen atoms in total. The third-order valence-corrected chi connectivity index (χ3v) is 7.66. The molecule has 0 saturated carbocycles. The predicted molar refractivity (Wildman–Crippen MR) is 160 cm³/mol. The highest BCUT2D eigenvalue weighted by Gasteiger charge is 2.42. The summed E-state index contributed by atoms with van der Waals surface area (Å²) in [5.41, 5.74) is 7.07. The minimum Gasteiger partial charge on any atom is -0.478 e. The van der Waals surface area contributed by atoms with Crippen LogP contribution in [0.2, 0.25) is 0 Å². The lowest BCUT2D eigenvalue weighted by atomic mass is 9.96. The first-order valence-electron chi connectivity index (χ1n) is 13.1. The number of pyridine rings is 1. The second kappa shape index (κ2) is 10.9. The maximum absolute atomic E-state index is 12.1. The van der Waals surface area contributed by atoms with E-state index >= 15 is 0 Å². The van der Waals surface area contributed by atoms with Crippen LogP contribution in [-0.4, -0.2) is 31.6 Å². The maximum atomic E-state index is 12.1. The van der Waals surface area contributed by atoms with Gasteiger partial charge in [0.05, 0.1) is 29.0 Å². The average molecular weight is 554 g/mol. The van der Waals surface area contributed by atoms with E-state index in [1.165, 1.54) is 0 Å². The Morgan fingerprint density at radius 3 is 2.48 bits per heavy atom. The van der Waals surface area contributed by atoms with Crippen molar-refractivity contribution in [2.75, 3.05) is 10.2 Å². The Morgan fingerprint density at radius 1 is 1.05 bits per heavy atom. The molecule has 3 heterocycles. The number of aromatic nitrogens is 2. The van der Waals surface area contributed by atoms with Gasteiger partial charge in [-0.3, -0.25) is 9.78 Å². The first-order valence-corrected chi connectivity index (χ1v) is 13.5. The number of para-hydroxylation sites is 1. The van der Waals surface area contributed by atoms with E-state index in [4.69, 9.17) is 12.2 Å². The van der Waals surface area contributed by atoms with Gasteiger partial charge in [0.1, 0.15) is 0 Å². The molecule has 1 fully saturated rings. The normalized spacial score (nSPS) is 16.6. The number of aromatic carboxylic acids is 1. The molecule has 9 heteroatoms. The van der Waals surface area contributed by atoms with E-state index in [-0.39, 0.29) is 23.6 Å². The first-order chi connectivity index (χ1) is 19.2. The summed E-state index contributed by atoms with van der Waals surface area (Å²) < 4.78 is 1.99. The number of benzene rings is 2. The molecule has 0 spiro atoms. The summed E-state index contributed by atoms with van der Waals surface area (Å²) >= 11 is 5.91. The molecule has 0 bridgehead atoms. The summed E-state index contributed by atoms with van der Waals surface area (Å²) in [7, 11) is 0. The van der Waals surface area contributed by atoms with Crippen molar-refractivity contribution in [2.24, 2.45) is 0 Å². The molecule has 4 aromatic rings. The van der Waals surface area contributed by atoms with E-state index in [1.54, 1.807) is 18.3 Å². The van der Waals surface area contributed by atoms with E-state index < -0.39 is 5.97 Å². The lowest BCUT2D eigenvalue weighted by Crippen LogP contribution is -2.29. The number of carbonyl (C=O) groups is 2. The molecule has 2 atom stereocenters. The number of hydrogen-bond acceptors (Lipinski definition) is 4. The van der Waals surface area contributed by atoms with Crippen molar-refractivity contribution in [3.8, 4) is 5.69 Å².